The van der Waals surface area contributed by atoms with Gasteiger partial charge in [0.2, 0.25) is 0 Å². The summed E-state index contributed by atoms with van der Waals surface area (Å²) >= 11 is 1.69. The van der Waals surface area contributed by atoms with E-state index in [-0.39, 0.29) is 0 Å². The summed E-state index contributed by atoms with van der Waals surface area (Å²) < 4.78 is 4.98. The van der Waals surface area contributed by atoms with Crippen LogP contribution in [0.2, 0.25) is 0 Å². The molecule has 0 amide bonds. The molecule has 0 aliphatic carbocycles. The monoisotopic (exact) mass is 236 g/mol. The molecule has 1 aromatic rings. The first-order chi connectivity index (χ1) is 7.81. The van der Waals surface area contributed by atoms with E-state index in [1.807, 2.05) is 18.2 Å². The molecule has 0 saturated carbocycles. The molecule has 0 heterocycles. The number of ether oxygens (including phenoxy) is 1. The Kier molecular flexibility index (Phi) is 5.94. The maximum Gasteiger partial charge on any atom is 0.100 e. The number of nitriles is 1. The minimum absolute atomic E-state index is 0.475. The first-order valence-electron chi connectivity index (χ1n) is 5.16. The molecule has 0 bridgehead atoms. The standard InChI is InChI=1S/C12H16N2OS/c1-15-5-2-6-16-12-4-3-10(8-13)7-11(12)9-14/h3-4,7H,2,5-6,8,13H2,1H3. The van der Waals surface area contributed by atoms with Crippen LogP contribution >= 0.6 is 11.8 Å². The Morgan fingerprint density at radius 2 is 2.31 bits per heavy atom. The van der Waals surface area contributed by atoms with Gasteiger partial charge in [0.25, 0.3) is 0 Å². The summed E-state index contributed by atoms with van der Waals surface area (Å²) in [6, 6.07) is 8.01. The third kappa shape index (κ3) is 3.86. The maximum absolute atomic E-state index is 9.01. The van der Waals surface area contributed by atoms with Crippen LogP contribution in [0.5, 0.6) is 0 Å². The summed E-state index contributed by atoms with van der Waals surface area (Å²) in [6.45, 7) is 1.24. The molecule has 0 unspecified atom stereocenters. The van der Waals surface area contributed by atoms with Crippen molar-refractivity contribution in [2.24, 2.45) is 5.73 Å². The number of hydrogen-bond donors (Lipinski definition) is 1. The van der Waals surface area contributed by atoms with Crippen molar-refractivity contribution in [3.8, 4) is 6.07 Å². The molecular formula is C12H16N2OS. The third-order valence-electron chi connectivity index (χ3n) is 2.15. The minimum Gasteiger partial charge on any atom is -0.385 e. The Morgan fingerprint density at radius 1 is 1.50 bits per heavy atom. The molecule has 3 nitrogen and oxygen atoms in total. The molecule has 1 rings (SSSR count). The Morgan fingerprint density at radius 3 is 2.94 bits per heavy atom. The number of methoxy groups -OCH3 is 1. The van der Waals surface area contributed by atoms with Crippen LogP contribution in [-0.4, -0.2) is 19.5 Å². The number of thioether (sulfide) groups is 1. The Balaban J connectivity index is 2.62. The van der Waals surface area contributed by atoms with Crippen LogP contribution in [-0.2, 0) is 11.3 Å². The number of rotatable bonds is 6. The fraction of sp³-hybridized carbons (Fsp3) is 0.417. The van der Waals surface area contributed by atoms with Gasteiger partial charge in [-0.05, 0) is 24.1 Å². The van der Waals surface area contributed by atoms with Crippen molar-refractivity contribution in [2.45, 2.75) is 17.9 Å². The van der Waals surface area contributed by atoms with E-state index in [9.17, 15) is 0 Å². The zero-order valence-electron chi connectivity index (χ0n) is 9.40. The summed E-state index contributed by atoms with van der Waals surface area (Å²) in [5.74, 6) is 0.963. The fourth-order valence-corrected chi connectivity index (χ4v) is 2.21. The summed E-state index contributed by atoms with van der Waals surface area (Å²) in [7, 11) is 1.70. The van der Waals surface area contributed by atoms with Gasteiger partial charge in [-0.15, -0.1) is 11.8 Å². The highest BCUT2D eigenvalue weighted by Gasteiger charge is 2.03. The summed E-state index contributed by atoms with van der Waals surface area (Å²) in [5.41, 5.74) is 7.24. The van der Waals surface area contributed by atoms with Crippen molar-refractivity contribution in [3.63, 3.8) is 0 Å². The van der Waals surface area contributed by atoms with Crippen LogP contribution < -0.4 is 5.73 Å². The summed E-state index contributed by atoms with van der Waals surface area (Å²) in [6.07, 6.45) is 0.991. The quantitative estimate of drug-likeness (QED) is 0.607. The molecule has 0 aromatic heterocycles. The van der Waals surface area contributed by atoms with Crippen LogP contribution in [0.3, 0.4) is 0 Å². The zero-order valence-corrected chi connectivity index (χ0v) is 10.2. The van der Waals surface area contributed by atoms with Crippen LogP contribution in [0.1, 0.15) is 17.5 Å². The van der Waals surface area contributed by atoms with Crippen LogP contribution in [0.15, 0.2) is 23.1 Å². The average Bonchev–Trinajstić information content (AvgIpc) is 2.34. The molecular weight excluding hydrogens is 220 g/mol. The largest absolute Gasteiger partial charge is 0.385 e. The fourth-order valence-electron chi connectivity index (χ4n) is 1.30. The van der Waals surface area contributed by atoms with Crippen LogP contribution in [0.4, 0.5) is 0 Å². The Hall–Kier alpha value is -1.02. The first kappa shape index (κ1) is 13.0. The zero-order chi connectivity index (χ0) is 11.8. The van der Waals surface area contributed by atoms with E-state index in [0.717, 1.165) is 29.2 Å². The molecule has 0 atom stereocenters. The highest BCUT2D eigenvalue weighted by Crippen LogP contribution is 2.23. The average molecular weight is 236 g/mol. The van der Waals surface area contributed by atoms with Gasteiger partial charge in [-0.2, -0.15) is 5.26 Å². The number of hydrogen-bond acceptors (Lipinski definition) is 4. The van der Waals surface area contributed by atoms with Crippen molar-refractivity contribution in [3.05, 3.63) is 29.3 Å². The second-order valence-electron chi connectivity index (χ2n) is 3.34. The third-order valence-corrected chi connectivity index (χ3v) is 3.31. The Bertz CT molecular complexity index is 374. The molecule has 16 heavy (non-hydrogen) atoms. The van der Waals surface area contributed by atoms with E-state index in [4.69, 9.17) is 15.7 Å². The van der Waals surface area contributed by atoms with E-state index in [2.05, 4.69) is 6.07 Å². The van der Waals surface area contributed by atoms with Crippen molar-refractivity contribution >= 4 is 11.8 Å². The summed E-state index contributed by atoms with van der Waals surface area (Å²) in [4.78, 5) is 1.02. The number of nitrogens with two attached hydrogens (primary N) is 1. The van der Waals surface area contributed by atoms with E-state index in [1.165, 1.54) is 0 Å². The molecule has 0 aliphatic heterocycles. The van der Waals surface area contributed by atoms with Crippen molar-refractivity contribution in [2.75, 3.05) is 19.5 Å². The van der Waals surface area contributed by atoms with Gasteiger partial charge >= 0.3 is 0 Å². The molecule has 0 radical (unpaired) electrons. The lowest BCUT2D eigenvalue weighted by Gasteiger charge is -2.05. The first-order valence-corrected chi connectivity index (χ1v) is 6.15. The molecule has 1 aromatic carbocycles. The van der Waals surface area contributed by atoms with E-state index in [0.29, 0.717) is 12.1 Å². The van der Waals surface area contributed by atoms with Crippen molar-refractivity contribution in [1.29, 1.82) is 5.26 Å². The smallest absolute Gasteiger partial charge is 0.100 e. The number of nitrogens with zero attached hydrogens (tertiary/aromatic N) is 1. The van der Waals surface area contributed by atoms with Gasteiger partial charge in [0.15, 0.2) is 0 Å². The molecule has 4 heteroatoms. The lowest BCUT2D eigenvalue weighted by molar-refractivity contribution is 0.200. The normalized spacial score (nSPS) is 10.1. The summed E-state index contributed by atoms with van der Waals surface area (Å²) in [5, 5.41) is 9.01. The SMILES string of the molecule is COCCCSc1ccc(CN)cc1C#N. The van der Waals surface area contributed by atoms with E-state index >= 15 is 0 Å². The van der Waals surface area contributed by atoms with Crippen LogP contribution in [0.25, 0.3) is 0 Å². The Labute approximate surface area is 101 Å². The van der Waals surface area contributed by atoms with Crippen LogP contribution in [0, 0.1) is 11.3 Å². The highest BCUT2D eigenvalue weighted by molar-refractivity contribution is 7.99. The predicted molar refractivity (Wildman–Crippen MR) is 66.3 cm³/mol. The topological polar surface area (TPSA) is 59.0 Å². The van der Waals surface area contributed by atoms with Gasteiger partial charge in [0.05, 0.1) is 5.56 Å². The molecule has 2 N–H and O–H groups in total. The van der Waals surface area contributed by atoms with Gasteiger partial charge in [0, 0.05) is 30.9 Å². The lowest BCUT2D eigenvalue weighted by Crippen LogP contribution is -1.97. The second kappa shape index (κ2) is 7.29. The van der Waals surface area contributed by atoms with Gasteiger partial charge < -0.3 is 10.5 Å². The number of benzene rings is 1. The predicted octanol–water partition coefficient (Wildman–Crippen LogP) is 2.15. The lowest BCUT2D eigenvalue weighted by atomic mass is 10.1. The molecule has 0 aliphatic rings. The van der Waals surface area contributed by atoms with E-state index in [1.54, 1.807) is 18.9 Å². The molecule has 0 spiro atoms. The molecule has 0 fully saturated rings. The van der Waals surface area contributed by atoms with Crippen molar-refractivity contribution < 1.29 is 4.74 Å². The van der Waals surface area contributed by atoms with Gasteiger partial charge in [-0.3, -0.25) is 0 Å². The van der Waals surface area contributed by atoms with E-state index < -0.39 is 0 Å². The minimum atomic E-state index is 0.475. The second-order valence-corrected chi connectivity index (χ2v) is 4.48. The van der Waals surface area contributed by atoms with Gasteiger partial charge in [0.1, 0.15) is 6.07 Å². The van der Waals surface area contributed by atoms with Gasteiger partial charge in [-0.25, -0.2) is 0 Å². The van der Waals surface area contributed by atoms with Crippen molar-refractivity contribution in [1.82, 2.24) is 0 Å². The van der Waals surface area contributed by atoms with Gasteiger partial charge in [-0.1, -0.05) is 6.07 Å². The maximum atomic E-state index is 9.01. The molecule has 86 valence electrons. The molecule has 0 saturated heterocycles. The highest BCUT2D eigenvalue weighted by atomic mass is 32.2.